The number of amides is 1. The standard InChI is InChI=1S/C22H27NO3/c1-16(2)26-19-12-10-17(11-13-19)14-23-22(24)15-25-21-9-5-7-18-6-3-4-8-20(18)21/h5,7,9-13,16H,3-4,6,8,14-15H2,1-2H3,(H,23,24). The van der Waals surface area contributed by atoms with Crippen LogP contribution >= 0.6 is 0 Å². The van der Waals surface area contributed by atoms with Crippen molar-refractivity contribution in [2.24, 2.45) is 0 Å². The van der Waals surface area contributed by atoms with Gasteiger partial charge in [-0.15, -0.1) is 0 Å². The first kappa shape index (κ1) is 18.3. The lowest BCUT2D eigenvalue weighted by Gasteiger charge is -2.19. The second kappa shape index (κ2) is 8.75. The molecule has 0 fully saturated rings. The van der Waals surface area contributed by atoms with Crippen LogP contribution in [0.25, 0.3) is 0 Å². The van der Waals surface area contributed by atoms with E-state index >= 15 is 0 Å². The Morgan fingerprint density at radius 3 is 2.62 bits per heavy atom. The van der Waals surface area contributed by atoms with Crippen molar-refractivity contribution in [3.8, 4) is 11.5 Å². The van der Waals surface area contributed by atoms with Gasteiger partial charge in [0.2, 0.25) is 0 Å². The molecule has 0 radical (unpaired) electrons. The van der Waals surface area contributed by atoms with Gasteiger partial charge < -0.3 is 14.8 Å². The largest absolute Gasteiger partial charge is 0.491 e. The van der Waals surface area contributed by atoms with Gasteiger partial charge in [-0.05, 0) is 74.4 Å². The molecule has 1 amide bonds. The second-order valence-corrected chi connectivity index (χ2v) is 6.98. The zero-order valence-electron chi connectivity index (χ0n) is 15.6. The van der Waals surface area contributed by atoms with Gasteiger partial charge in [-0.3, -0.25) is 4.79 Å². The third kappa shape index (κ3) is 5.01. The summed E-state index contributed by atoms with van der Waals surface area (Å²) in [4.78, 5) is 12.1. The molecule has 0 aromatic heterocycles. The predicted octanol–water partition coefficient (Wildman–Crippen LogP) is 4.05. The van der Waals surface area contributed by atoms with Crippen molar-refractivity contribution in [2.45, 2.75) is 52.2 Å². The van der Waals surface area contributed by atoms with E-state index in [1.54, 1.807) is 0 Å². The van der Waals surface area contributed by atoms with E-state index in [-0.39, 0.29) is 18.6 Å². The average molecular weight is 353 g/mol. The summed E-state index contributed by atoms with van der Waals surface area (Å²) in [6.07, 6.45) is 4.72. The maximum atomic E-state index is 12.1. The maximum Gasteiger partial charge on any atom is 0.258 e. The van der Waals surface area contributed by atoms with Crippen molar-refractivity contribution < 1.29 is 14.3 Å². The topological polar surface area (TPSA) is 47.6 Å². The summed E-state index contributed by atoms with van der Waals surface area (Å²) in [5, 5.41) is 2.90. The lowest BCUT2D eigenvalue weighted by molar-refractivity contribution is -0.123. The SMILES string of the molecule is CC(C)Oc1ccc(CNC(=O)COc2cccc3c2CCCC3)cc1. The van der Waals surface area contributed by atoms with Crippen molar-refractivity contribution >= 4 is 5.91 Å². The van der Waals surface area contributed by atoms with E-state index in [4.69, 9.17) is 9.47 Å². The van der Waals surface area contributed by atoms with Crippen LogP contribution < -0.4 is 14.8 Å². The Hall–Kier alpha value is -2.49. The van der Waals surface area contributed by atoms with Crippen LogP contribution in [0.5, 0.6) is 11.5 Å². The zero-order valence-corrected chi connectivity index (χ0v) is 15.6. The van der Waals surface area contributed by atoms with Crippen molar-refractivity contribution in [1.29, 1.82) is 0 Å². The molecule has 1 N–H and O–H groups in total. The normalized spacial score (nSPS) is 13.2. The highest BCUT2D eigenvalue weighted by atomic mass is 16.5. The van der Waals surface area contributed by atoms with Crippen LogP contribution in [0.3, 0.4) is 0 Å². The van der Waals surface area contributed by atoms with Crippen LogP contribution in [0.1, 0.15) is 43.4 Å². The molecule has 2 aromatic carbocycles. The first-order chi connectivity index (χ1) is 12.6. The predicted molar refractivity (Wildman–Crippen MR) is 103 cm³/mol. The number of aryl methyl sites for hydroxylation is 1. The molecule has 0 atom stereocenters. The number of nitrogens with one attached hydrogen (secondary N) is 1. The van der Waals surface area contributed by atoms with E-state index in [0.29, 0.717) is 6.54 Å². The molecule has 4 heteroatoms. The van der Waals surface area contributed by atoms with Crippen molar-refractivity contribution in [3.05, 3.63) is 59.2 Å². The van der Waals surface area contributed by atoms with Crippen molar-refractivity contribution in [3.63, 3.8) is 0 Å². The summed E-state index contributed by atoms with van der Waals surface area (Å²) >= 11 is 0. The van der Waals surface area contributed by atoms with Crippen molar-refractivity contribution in [2.75, 3.05) is 6.61 Å². The van der Waals surface area contributed by atoms with Crippen LogP contribution in [0.15, 0.2) is 42.5 Å². The van der Waals surface area contributed by atoms with Crippen molar-refractivity contribution in [1.82, 2.24) is 5.32 Å². The number of hydrogen-bond acceptors (Lipinski definition) is 3. The second-order valence-electron chi connectivity index (χ2n) is 6.98. The highest BCUT2D eigenvalue weighted by Crippen LogP contribution is 2.29. The van der Waals surface area contributed by atoms with E-state index in [9.17, 15) is 4.79 Å². The molecular formula is C22H27NO3. The van der Waals surface area contributed by atoms with Crippen LogP contribution in [-0.2, 0) is 24.2 Å². The fraction of sp³-hybridized carbons (Fsp3) is 0.409. The molecule has 3 rings (SSSR count). The Morgan fingerprint density at radius 1 is 1.08 bits per heavy atom. The Bertz CT molecular complexity index is 738. The number of rotatable bonds is 7. The molecular weight excluding hydrogens is 326 g/mol. The molecule has 0 unspecified atom stereocenters. The minimum absolute atomic E-state index is 0.0466. The summed E-state index contributed by atoms with van der Waals surface area (Å²) in [5.41, 5.74) is 3.66. The fourth-order valence-electron chi connectivity index (χ4n) is 3.23. The first-order valence-electron chi connectivity index (χ1n) is 9.37. The number of benzene rings is 2. The molecule has 26 heavy (non-hydrogen) atoms. The van der Waals surface area contributed by atoms with E-state index in [1.807, 2.05) is 50.2 Å². The molecule has 4 nitrogen and oxygen atoms in total. The lowest BCUT2D eigenvalue weighted by atomic mass is 9.91. The maximum absolute atomic E-state index is 12.1. The van der Waals surface area contributed by atoms with Gasteiger partial charge in [-0.1, -0.05) is 24.3 Å². The van der Waals surface area contributed by atoms with Gasteiger partial charge in [-0.2, -0.15) is 0 Å². The molecule has 1 aliphatic carbocycles. The molecule has 2 aromatic rings. The van der Waals surface area contributed by atoms with E-state index in [0.717, 1.165) is 29.9 Å². The Labute approximate surface area is 155 Å². The summed E-state index contributed by atoms with van der Waals surface area (Å²) in [5.74, 6) is 1.58. The Balaban J connectivity index is 1.47. The number of carbonyl (C=O) groups is 1. The number of ether oxygens (including phenoxy) is 2. The molecule has 0 spiro atoms. The molecule has 0 saturated heterocycles. The molecule has 0 heterocycles. The van der Waals surface area contributed by atoms with Crippen LogP contribution in [0, 0.1) is 0 Å². The van der Waals surface area contributed by atoms with Gasteiger partial charge in [0.15, 0.2) is 6.61 Å². The van der Waals surface area contributed by atoms with Gasteiger partial charge in [0.1, 0.15) is 11.5 Å². The van der Waals surface area contributed by atoms with E-state index in [1.165, 1.54) is 24.0 Å². The molecule has 138 valence electrons. The number of carbonyl (C=O) groups excluding carboxylic acids is 1. The lowest BCUT2D eigenvalue weighted by Crippen LogP contribution is -2.28. The van der Waals surface area contributed by atoms with Crippen LogP contribution in [0.2, 0.25) is 0 Å². The van der Waals surface area contributed by atoms with Gasteiger partial charge >= 0.3 is 0 Å². The Kier molecular flexibility index (Phi) is 6.16. The summed E-state index contributed by atoms with van der Waals surface area (Å²) < 4.78 is 11.4. The van der Waals surface area contributed by atoms with Gasteiger partial charge in [0, 0.05) is 6.54 Å². The summed E-state index contributed by atoms with van der Waals surface area (Å²) in [6, 6.07) is 13.9. The first-order valence-corrected chi connectivity index (χ1v) is 9.37. The number of fused-ring (bicyclic) bond motifs is 1. The highest BCUT2D eigenvalue weighted by molar-refractivity contribution is 5.77. The van der Waals surface area contributed by atoms with Gasteiger partial charge in [-0.25, -0.2) is 0 Å². The average Bonchev–Trinajstić information content (AvgIpc) is 2.65. The molecule has 1 aliphatic rings. The highest BCUT2D eigenvalue weighted by Gasteiger charge is 2.14. The van der Waals surface area contributed by atoms with Crippen LogP contribution in [-0.4, -0.2) is 18.6 Å². The minimum Gasteiger partial charge on any atom is -0.491 e. The van der Waals surface area contributed by atoms with Crippen LogP contribution in [0.4, 0.5) is 0 Å². The summed E-state index contributed by atoms with van der Waals surface area (Å²) in [6.45, 7) is 4.53. The quantitative estimate of drug-likeness (QED) is 0.817. The van der Waals surface area contributed by atoms with E-state index < -0.39 is 0 Å². The van der Waals surface area contributed by atoms with Gasteiger partial charge in [0.25, 0.3) is 5.91 Å². The Morgan fingerprint density at radius 2 is 1.85 bits per heavy atom. The smallest absolute Gasteiger partial charge is 0.258 e. The molecule has 0 aliphatic heterocycles. The molecule has 0 bridgehead atoms. The van der Waals surface area contributed by atoms with Gasteiger partial charge in [0.05, 0.1) is 6.10 Å². The summed E-state index contributed by atoms with van der Waals surface area (Å²) in [7, 11) is 0. The molecule has 0 saturated carbocycles. The number of hydrogen-bond donors (Lipinski definition) is 1. The monoisotopic (exact) mass is 353 g/mol. The fourth-order valence-corrected chi connectivity index (χ4v) is 3.23. The minimum atomic E-state index is -0.110. The third-order valence-electron chi connectivity index (χ3n) is 4.50. The van der Waals surface area contributed by atoms with E-state index in [2.05, 4.69) is 11.4 Å². The zero-order chi connectivity index (χ0) is 18.4. The third-order valence-corrected chi connectivity index (χ3v) is 4.50.